The molecule has 3 nitrogen and oxygen atoms in total. The zero-order chi connectivity index (χ0) is 12.1. The van der Waals surface area contributed by atoms with Gasteiger partial charge in [-0.1, -0.05) is 40.9 Å². The molecule has 0 spiro atoms. The van der Waals surface area contributed by atoms with Crippen molar-refractivity contribution in [2.24, 2.45) is 0 Å². The number of hydrogen-bond acceptors (Lipinski definition) is 2. The van der Waals surface area contributed by atoms with Gasteiger partial charge in [-0.05, 0) is 24.6 Å². The van der Waals surface area contributed by atoms with Crippen LogP contribution in [0.3, 0.4) is 0 Å². The third-order valence-corrected chi connectivity index (χ3v) is 3.15. The monoisotopic (exact) mass is 305 g/mol. The fraction of sp³-hybridized carbons (Fsp3) is 0.364. The van der Waals surface area contributed by atoms with Crippen molar-refractivity contribution >= 4 is 39.1 Å². The molecule has 0 aromatic heterocycles. The molecule has 0 fully saturated rings. The summed E-state index contributed by atoms with van der Waals surface area (Å²) in [5.41, 5.74) is 0.332. The lowest BCUT2D eigenvalue weighted by Gasteiger charge is -2.11. The second kappa shape index (κ2) is 6.11. The Morgan fingerprint density at radius 3 is 2.94 bits per heavy atom. The second-order valence-electron chi connectivity index (χ2n) is 3.41. The van der Waals surface area contributed by atoms with Crippen LogP contribution in [0.15, 0.2) is 18.2 Å². The number of phenolic OH excluding ortho intramolecular Hbond substituents is 1. The average molecular weight is 307 g/mol. The Labute approximate surface area is 108 Å². The predicted molar refractivity (Wildman–Crippen MR) is 69.4 cm³/mol. The van der Waals surface area contributed by atoms with E-state index < -0.39 is 0 Å². The number of halogens is 2. The van der Waals surface area contributed by atoms with Crippen molar-refractivity contribution in [3.05, 3.63) is 23.2 Å². The van der Waals surface area contributed by atoms with Gasteiger partial charge in [-0.2, -0.15) is 0 Å². The van der Waals surface area contributed by atoms with E-state index >= 15 is 0 Å². The van der Waals surface area contributed by atoms with Gasteiger partial charge in [0.1, 0.15) is 5.75 Å². The minimum Gasteiger partial charge on any atom is -0.506 e. The summed E-state index contributed by atoms with van der Waals surface area (Å²) in [6.45, 7) is 2.00. The number of benzene rings is 1. The summed E-state index contributed by atoms with van der Waals surface area (Å²) in [5, 5.41) is 12.6. The molecule has 0 heterocycles. The van der Waals surface area contributed by atoms with Crippen molar-refractivity contribution < 1.29 is 9.90 Å². The number of nitrogens with one attached hydrogen (secondary N) is 1. The van der Waals surface area contributed by atoms with Crippen LogP contribution < -0.4 is 5.32 Å². The number of anilines is 1. The fourth-order valence-corrected chi connectivity index (χ4v) is 1.95. The Kier molecular flexibility index (Phi) is 5.09. The largest absolute Gasteiger partial charge is 0.506 e. The quantitative estimate of drug-likeness (QED) is 0.660. The van der Waals surface area contributed by atoms with Gasteiger partial charge in [-0.3, -0.25) is 4.79 Å². The lowest BCUT2D eigenvalue weighted by atomic mass is 10.2. The lowest BCUT2D eigenvalue weighted by Crippen LogP contribution is -2.22. The van der Waals surface area contributed by atoms with Crippen LogP contribution in [-0.2, 0) is 4.79 Å². The van der Waals surface area contributed by atoms with Gasteiger partial charge in [0.2, 0.25) is 5.91 Å². The van der Waals surface area contributed by atoms with Gasteiger partial charge in [-0.15, -0.1) is 0 Å². The molecule has 88 valence electrons. The van der Waals surface area contributed by atoms with Gasteiger partial charge in [-0.25, -0.2) is 0 Å². The van der Waals surface area contributed by atoms with Crippen LogP contribution in [0.4, 0.5) is 5.69 Å². The molecule has 2 N–H and O–H groups in total. The van der Waals surface area contributed by atoms with Gasteiger partial charge in [0.25, 0.3) is 0 Å². The SMILES string of the molecule is CCCC(Br)C(=O)Nc1cc(Cl)ccc1O. The Morgan fingerprint density at radius 1 is 1.62 bits per heavy atom. The van der Waals surface area contributed by atoms with Crippen LogP contribution >= 0.6 is 27.5 Å². The number of hydrogen-bond donors (Lipinski definition) is 2. The lowest BCUT2D eigenvalue weighted by molar-refractivity contribution is -0.115. The first-order valence-corrected chi connectivity index (χ1v) is 6.27. The first-order valence-electron chi connectivity index (χ1n) is 4.98. The molecule has 1 atom stereocenters. The maximum atomic E-state index is 11.7. The Balaban J connectivity index is 2.72. The predicted octanol–water partition coefficient (Wildman–Crippen LogP) is 3.55. The van der Waals surface area contributed by atoms with Gasteiger partial charge < -0.3 is 10.4 Å². The molecule has 1 aromatic rings. The van der Waals surface area contributed by atoms with Gasteiger partial charge in [0.05, 0.1) is 10.5 Å². The third kappa shape index (κ3) is 3.68. The zero-order valence-electron chi connectivity index (χ0n) is 8.84. The molecule has 0 bridgehead atoms. The highest BCUT2D eigenvalue weighted by molar-refractivity contribution is 9.10. The summed E-state index contributed by atoms with van der Waals surface area (Å²) in [6.07, 6.45) is 1.65. The van der Waals surface area contributed by atoms with Crippen molar-refractivity contribution in [2.45, 2.75) is 24.6 Å². The highest BCUT2D eigenvalue weighted by Gasteiger charge is 2.15. The number of amides is 1. The summed E-state index contributed by atoms with van der Waals surface area (Å²) in [6, 6.07) is 4.52. The third-order valence-electron chi connectivity index (χ3n) is 2.04. The Bertz CT molecular complexity index is 384. The standard InChI is InChI=1S/C11H13BrClNO2/c1-2-3-8(12)11(16)14-9-6-7(13)4-5-10(9)15/h4-6,8,15H,2-3H2,1H3,(H,14,16). The molecule has 0 saturated carbocycles. The van der Waals surface area contributed by atoms with Crippen molar-refractivity contribution in [2.75, 3.05) is 5.32 Å². The average Bonchev–Trinajstić information content (AvgIpc) is 2.23. The zero-order valence-corrected chi connectivity index (χ0v) is 11.2. The molecule has 0 aliphatic rings. The van der Waals surface area contributed by atoms with E-state index in [1.165, 1.54) is 12.1 Å². The number of phenols is 1. The van der Waals surface area contributed by atoms with E-state index in [1.54, 1.807) is 6.07 Å². The van der Waals surface area contributed by atoms with Crippen LogP contribution in [0.2, 0.25) is 5.02 Å². The smallest absolute Gasteiger partial charge is 0.238 e. The van der Waals surface area contributed by atoms with Crippen LogP contribution in [0.5, 0.6) is 5.75 Å². The molecular weight excluding hydrogens is 293 g/mol. The van der Waals surface area contributed by atoms with E-state index in [4.69, 9.17) is 11.6 Å². The summed E-state index contributed by atoms with van der Waals surface area (Å²) >= 11 is 9.04. The van der Waals surface area contributed by atoms with E-state index in [9.17, 15) is 9.90 Å². The number of carbonyl (C=O) groups is 1. The molecule has 1 aromatic carbocycles. The minimum absolute atomic E-state index is 0.00829. The van der Waals surface area contributed by atoms with E-state index in [-0.39, 0.29) is 16.5 Å². The van der Waals surface area contributed by atoms with Crippen molar-refractivity contribution in [3.63, 3.8) is 0 Å². The molecule has 1 unspecified atom stereocenters. The summed E-state index contributed by atoms with van der Waals surface area (Å²) in [5.74, 6) is -0.173. The van der Waals surface area contributed by atoms with E-state index in [1.807, 2.05) is 6.92 Å². The van der Waals surface area contributed by atoms with Crippen LogP contribution in [0.25, 0.3) is 0 Å². The van der Waals surface area contributed by atoms with E-state index in [0.717, 1.165) is 12.8 Å². The topological polar surface area (TPSA) is 49.3 Å². The van der Waals surface area contributed by atoms with Gasteiger partial charge in [0.15, 0.2) is 0 Å². The normalized spacial score (nSPS) is 12.2. The maximum Gasteiger partial charge on any atom is 0.238 e. The molecule has 0 saturated heterocycles. The molecule has 1 rings (SSSR count). The van der Waals surface area contributed by atoms with Crippen molar-refractivity contribution in [1.29, 1.82) is 0 Å². The first kappa shape index (κ1) is 13.3. The summed E-state index contributed by atoms with van der Waals surface area (Å²) in [7, 11) is 0. The number of carbonyl (C=O) groups excluding carboxylic acids is 1. The maximum absolute atomic E-state index is 11.7. The van der Waals surface area contributed by atoms with Crippen LogP contribution in [0.1, 0.15) is 19.8 Å². The molecular formula is C11H13BrClNO2. The number of alkyl halides is 1. The highest BCUT2D eigenvalue weighted by Crippen LogP contribution is 2.27. The summed E-state index contributed by atoms with van der Waals surface area (Å²) in [4.78, 5) is 11.4. The minimum atomic E-state index is -0.254. The van der Waals surface area contributed by atoms with E-state index in [0.29, 0.717) is 10.7 Å². The van der Waals surface area contributed by atoms with Crippen LogP contribution in [-0.4, -0.2) is 15.8 Å². The second-order valence-corrected chi connectivity index (χ2v) is 4.95. The fourth-order valence-electron chi connectivity index (χ4n) is 1.20. The summed E-state index contributed by atoms with van der Waals surface area (Å²) < 4.78 is 0. The van der Waals surface area contributed by atoms with Gasteiger partial charge >= 0.3 is 0 Å². The molecule has 0 aliphatic heterocycles. The van der Waals surface area contributed by atoms with Crippen LogP contribution in [0, 0.1) is 0 Å². The molecule has 0 radical (unpaired) electrons. The highest BCUT2D eigenvalue weighted by atomic mass is 79.9. The van der Waals surface area contributed by atoms with Crippen molar-refractivity contribution in [1.82, 2.24) is 0 Å². The Hall–Kier alpha value is -0.740. The number of rotatable bonds is 4. The Morgan fingerprint density at radius 2 is 2.31 bits per heavy atom. The molecule has 1 amide bonds. The van der Waals surface area contributed by atoms with Crippen molar-refractivity contribution in [3.8, 4) is 5.75 Å². The molecule has 16 heavy (non-hydrogen) atoms. The number of aromatic hydroxyl groups is 1. The molecule has 5 heteroatoms. The van der Waals surface area contributed by atoms with E-state index in [2.05, 4.69) is 21.2 Å². The van der Waals surface area contributed by atoms with Gasteiger partial charge in [0, 0.05) is 5.02 Å². The molecule has 0 aliphatic carbocycles. The first-order chi connectivity index (χ1) is 7.54.